The molecule has 86 valence electrons. The molecular formula is C11H25NOS. The highest BCUT2D eigenvalue weighted by molar-refractivity contribution is 8.00. The predicted molar refractivity (Wildman–Crippen MR) is 65.8 cm³/mol. The van der Waals surface area contributed by atoms with Crippen molar-refractivity contribution >= 4 is 11.8 Å². The van der Waals surface area contributed by atoms with E-state index < -0.39 is 0 Å². The number of hydrogen-bond donors (Lipinski definition) is 1. The fraction of sp³-hybridized carbons (Fsp3) is 1.00. The third-order valence-corrected chi connectivity index (χ3v) is 3.63. The standard InChI is InChI=1S/C11H25NOS/c1-9(6-7-13-5)10(12)8-14-11(2,3)4/h9-10H,6-8,12H2,1-5H3. The molecule has 0 fully saturated rings. The molecule has 0 aromatic rings. The van der Waals surface area contributed by atoms with E-state index in [1.54, 1.807) is 7.11 Å². The third-order valence-electron chi connectivity index (χ3n) is 2.22. The largest absolute Gasteiger partial charge is 0.385 e. The van der Waals surface area contributed by atoms with Crippen molar-refractivity contribution in [2.45, 2.75) is 44.9 Å². The number of hydrogen-bond acceptors (Lipinski definition) is 3. The van der Waals surface area contributed by atoms with Gasteiger partial charge >= 0.3 is 0 Å². The second kappa shape index (κ2) is 6.70. The molecule has 3 heteroatoms. The minimum absolute atomic E-state index is 0.286. The highest BCUT2D eigenvalue weighted by atomic mass is 32.2. The van der Waals surface area contributed by atoms with Gasteiger partial charge < -0.3 is 10.5 Å². The van der Waals surface area contributed by atoms with Gasteiger partial charge in [-0.1, -0.05) is 27.7 Å². The molecule has 2 atom stereocenters. The van der Waals surface area contributed by atoms with Crippen molar-refractivity contribution in [1.82, 2.24) is 0 Å². The van der Waals surface area contributed by atoms with Crippen molar-refractivity contribution in [3.63, 3.8) is 0 Å². The second-order valence-corrected chi connectivity index (χ2v) is 6.69. The molecule has 2 N–H and O–H groups in total. The maximum atomic E-state index is 6.09. The Morgan fingerprint density at radius 2 is 1.93 bits per heavy atom. The van der Waals surface area contributed by atoms with Crippen LogP contribution in [0.3, 0.4) is 0 Å². The van der Waals surface area contributed by atoms with Crippen molar-refractivity contribution in [2.24, 2.45) is 11.7 Å². The summed E-state index contributed by atoms with van der Waals surface area (Å²) in [4.78, 5) is 0. The van der Waals surface area contributed by atoms with Gasteiger partial charge in [-0.25, -0.2) is 0 Å². The minimum Gasteiger partial charge on any atom is -0.385 e. The average Bonchev–Trinajstić information content (AvgIpc) is 2.09. The van der Waals surface area contributed by atoms with Crippen LogP contribution in [0.2, 0.25) is 0 Å². The molecule has 0 saturated heterocycles. The van der Waals surface area contributed by atoms with Crippen LogP contribution in [0.1, 0.15) is 34.1 Å². The quantitative estimate of drug-likeness (QED) is 0.745. The second-order valence-electron chi connectivity index (χ2n) is 4.85. The minimum atomic E-state index is 0.286. The van der Waals surface area contributed by atoms with Crippen LogP contribution in [-0.2, 0) is 4.74 Å². The van der Waals surface area contributed by atoms with Crippen LogP contribution in [0, 0.1) is 5.92 Å². The van der Waals surface area contributed by atoms with Gasteiger partial charge in [-0.3, -0.25) is 0 Å². The van der Waals surface area contributed by atoms with Gasteiger partial charge in [-0.15, -0.1) is 0 Å². The summed E-state index contributed by atoms with van der Waals surface area (Å²) in [6.45, 7) is 9.70. The highest BCUT2D eigenvalue weighted by Crippen LogP contribution is 2.25. The van der Waals surface area contributed by atoms with E-state index in [4.69, 9.17) is 10.5 Å². The van der Waals surface area contributed by atoms with Crippen LogP contribution < -0.4 is 5.73 Å². The first-order valence-corrected chi connectivity index (χ1v) is 6.24. The fourth-order valence-corrected chi connectivity index (χ4v) is 2.05. The summed E-state index contributed by atoms with van der Waals surface area (Å²) >= 11 is 1.94. The number of methoxy groups -OCH3 is 1. The molecule has 2 unspecified atom stereocenters. The Hall–Kier alpha value is 0.270. The fourth-order valence-electron chi connectivity index (χ4n) is 1.03. The molecule has 0 aliphatic carbocycles. The Morgan fingerprint density at radius 3 is 2.36 bits per heavy atom. The SMILES string of the molecule is COCCC(C)C(N)CSC(C)(C)C. The molecule has 0 aliphatic rings. The summed E-state index contributed by atoms with van der Waals surface area (Å²) in [5.41, 5.74) is 6.09. The van der Waals surface area contributed by atoms with Gasteiger partial charge in [0.2, 0.25) is 0 Å². The van der Waals surface area contributed by atoms with Gasteiger partial charge in [0, 0.05) is 30.3 Å². The Bertz CT molecular complexity index is 145. The molecule has 0 bridgehead atoms. The van der Waals surface area contributed by atoms with E-state index in [9.17, 15) is 0 Å². The van der Waals surface area contributed by atoms with Crippen molar-refractivity contribution < 1.29 is 4.74 Å². The maximum Gasteiger partial charge on any atom is 0.0465 e. The Labute approximate surface area is 93.0 Å². The monoisotopic (exact) mass is 219 g/mol. The normalized spacial score (nSPS) is 16.7. The number of rotatable bonds is 6. The molecular weight excluding hydrogens is 194 g/mol. The molecule has 0 rings (SSSR count). The molecule has 0 saturated carbocycles. The van der Waals surface area contributed by atoms with Gasteiger partial charge in [0.25, 0.3) is 0 Å². The lowest BCUT2D eigenvalue weighted by Gasteiger charge is -2.24. The van der Waals surface area contributed by atoms with Gasteiger partial charge in [-0.2, -0.15) is 11.8 Å². The first-order valence-electron chi connectivity index (χ1n) is 5.25. The Kier molecular flexibility index (Phi) is 6.83. The number of nitrogens with two attached hydrogens (primary N) is 1. The van der Waals surface area contributed by atoms with Gasteiger partial charge in [0.05, 0.1) is 0 Å². The van der Waals surface area contributed by atoms with Crippen LogP contribution >= 0.6 is 11.8 Å². The van der Waals surface area contributed by atoms with Crippen molar-refractivity contribution in [3.8, 4) is 0 Å². The zero-order chi connectivity index (χ0) is 11.2. The number of thioether (sulfide) groups is 1. The molecule has 0 aromatic heterocycles. The van der Waals surface area contributed by atoms with Crippen LogP contribution in [-0.4, -0.2) is 30.3 Å². The van der Waals surface area contributed by atoms with Gasteiger partial charge in [0.1, 0.15) is 0 Å². The lowest BCUT2D eigenvalue weighted by atomic mass is 10.0. The first-order chi connectivity index (χ1) is 6.37. The molecule has 0 aliphatic heterocycles. The summed E-state index contributed by atoms with van der Waals surface area (Å²) in [6, 6.07) is 0.286. The molecule has 0 amide bonds. The van der Waals surface area contributed by atoms with E-state index in [0.717, 1.165) is 18.8 Å². The van der Waals surface area contributed by atoms with Crippen LogP contribution in [0.25, 0.3) is 0 Å². The van der Waals surface area contributed by atoms with Crippen molar-refractivity contribution in [2.75, 3.05) is 19.5 Å². The molecule has 0 spiro atoms. The van der Waals surface area contributed by atoms with Crippen molar-refractivity contribution in [1.29, 1.82) is 0 Å². The third kappa shape index (κ3) is 7.65. The Morgan fingerprint density at radius 1 is 1.36 bits per heavy atom. The van der Waals surface area contributed by atoms with E-state index in [2.05, 4.69) is 27.7 Å². The number of ether oxygens (including phenoxy) is 1. The molecule has 0 heterocycles. The molecule has 0 aromatic carbocycles. The van der Waals surface area contributed by atoms with Crippen LogP contribution in [0.5, 0.6) is 0 Å². The summed E-state index contributed by atoms with van der Waals surface area (Å²) in [6.07, 6.45) is 1.06. The van der Waals surface area contributed by atoms with Crippen molar-refractivity contribution in [3.05, 3.63) is 0 Å². The van der Waals surface area contributed by atoms with E-state index in [0.29, 0.717) is 10.7 Å². The summed E-state index contributed by atoms with van der Waals surface area (Å²) < 4.78 is 5.36. The Balaban J connectivity index is 3.67. The predicted octanol–water partition coefficient (Wildman–Crippen LogP) is 2.52. The van der Waals surface area contributed by atoms with E-state index in [1.807, 2.05) is 11.8 Å². The topological polar surface area (TPSA) is 35.2 Å². The van der Waals surface area contributed by atoms with Gasteiger partial charge in [-0.05, 0) is 12.3 Å². The van der Waals surface area contributed by atoms with Gasteiger partial charge in [0.15, 0.2) is 0 Å². The zero-order valence-corrected chi connectivity index (χ0v) is 11.0. The lowest BCUT2D eigenvalue weighted by molar-refractivity contribution is 0.176. The van der Waals surface area contributed by atoms with Crippen LogP contribution in [0.15, 0.2) is 0 Å². The molecule has 14 heavy (non-hydrogen) atoms. The highest BCUT2D eigenvalue weighted by Gasteiger charge is 2.17. The van der Waals surface area contributed by atoms with E-state index in [1.165, 1.54) is 0 Å². The molecule has 2 nitrogen and oxygen atoms in total. The first kappa shape index (κ1) is 14.3. The molecule has 0 radical (unpaired) electrons. The summed E-state index contributed by atoms with van der Waals surface area (Å²) in [5.74, 6) is 1.58. The summed E-state index contributed by atoms with van der Waals surface area (Å²) in [7, 11) is 1.74. The smallest absolute Gasteiger partial charge is 0.0465 e. The van der Waals surface area contributed by atoms with E-state index in [-0.39, 0.29) is 6.04 Å². The van der Waals surface area contributed by atoms with Crippen LogP contribution in [0.4, 0.5) is 0 Å². The van der Waals surface area contributed by atoms with E-state index >= 15 is 0 Å². The average molecular weight is 219 g/mol. The lowest BCUT2D eigenvalue weighted by Crippen LogP contribution is -2.33. The summed E-state index contributed by atoms with van der Waals surface area (Å²) in [5, 5.41) is 0. The zero-order valence-electron chi connectivity index (χ0n) is 10.2. The maximum absolute atomic E-state index is 6.09.